The van der Waals surface area contributed by atoms with E-state index in [9.17, 15) is 23.2 Å². The van der Waals surface area contributed by atoms with E-state index in [1.807, 2.05) is 0 Å². The van der Waals surface area contributed by atoms with Gasteiger partial charge in [0.15, 0.2) is 0 Å². The first-order valence-electron chi connectivity index (χ1n) is 5.64. The van der Waals surface area contributed by atoms with Crippen LogP contribution >= 0.6 is 11.8 Å². The number of carbonyl (C=O) groups is 3. The number of carboxylic acids is 1. The van der Waals surface area contributed by atoms with Crippen molar-refractivity contribution in [2.75, 3.05) is 13.1 Å². The average molecular weight is 318 g/mol. The molecule has 0 atom stereocenters. The molecule has 0 fully saturated rings. The predicted octanol–water partition coefficient (Wildman–Crippen LogP) is 1.01. The van der Waals surface area contributed by atoms with E-state index >= 15 is 0 Å². The minimum Gasteiger partial charge on any atom is -0.480 e. The lowest BCUT2D eigenvalue weighted by Gasteiger charge is -2.20. The van der Waals surface area contributed by atoms with Gasteiger partial charge in [0, 0.05) is 4.90 Å². The molecule has 0 unspecified atom stereocenters. The highest BCUT2D eigenvalue weighted by Crippen LogP contribution is 2.29. The molecule has 114 valence electrons. The summed E-state index contributed by atoms with van der Waals surface area (Å²) in [5, 5.41) is 8.74. The molecule has 0 radical (unpaired) electrons. The predicted molar refractivity (Wildman–Crippen MR) is 71.0 cm³/mol. The number of benzene rings is 1. The molecule has 9 heteroatoms. The minimum atomic E-state index is -2.73. The molecule has 0 aliphatic carbocycles. The van der Waals surface area contributed by atoms with Crippen LogP contribution < -0.4 is 5.73 Å². The maximum Gasteiger partial charge on any atom is 0.323 e. The van der Waals surface area contributed by atoms with Crippen molar-refractivity contribution in [3.05, 3.63) is 29.8 Å². The van der Waals surface area contributed by atoms with Gasteiger partial charge in [-0.1, -0.05) is 23.9 Å². The molecule has 0 aliphatic rings. The van der Waals surface area contributed by atoms with Crippen LogP contribution in [0.15, 0.2) is 29.2 Å². The molecular formula is C12H12F2N2O4S. The van der Waals surface area contributed by atoms with Crippen LogP contribution in [0.25, 0.3) is 0 Å². The summed E-state index contributed by atoms with van der Waals surface area (Å²) < 4.78 is 24.9. The van der Waals surface area contributed by atoms with Crippen LogP contribution in [0.1, 0.15) is 10.4 Å². The summed E-state index contributed by atoms with van der Waals surface area (Å²) in [6.45, 7) is -1.37. The lowest BCUT2D eigenvalue weighted by molar-refractivity contribution is -0.138. The monoisotopic (exact) mass is 318 g/mol. The second kappa shape index (κ2) is 7.58. The van der Waals surface area contributed by atoms with Crippen LogP contribution in [0.2, 0.25) is 0 Å². The quantitative estimate of drug-likeness (QED) is 0.731. The third-order valence-electron chi connectivity index (χ3n) is 2.29. The minimum absolute atomic E-state index is 0.00245. The molecule has 0 saturated carbocycles. The summed E-state index contributed by atoms with van der Waals surface area (Å²) in [5.41, 5.74) is 4.85. The molecule has 1 aromatic rings. The summed E-state index contributed by atoms with van der Waals surface area (Å²) in [4.78, 5) is 34.5. The smallest absolute Gasteiger partial charge is 0.323 e. The number of rotatable bonds is 7. The molecule has 0 saturated heterocycles. The van der Waals surface area contributed by atoms with Gasteiger partial charge in [-0.15, -0.1) is 0 Å². The van der Waals surface area contributed by atoms with E-state index in [1.54, 1.807) is 0 Å². The molecule has 1 rings (SSSR count). The molecule has 0 aromatic heterocycles. The van der Waals surface area contributed by atoms with Gasteiger partial charge >= 0.3 is 5.97 Å². The van der Waals surface area contributed by atoms with Crippen molar-refractivity contribution in [1.29, 1.82) is 0 Å². The number of carboxylic acid groups (broad SMARTS) is 1. The Balaban J connectivity index is 3.07. The Hall–Kier alpha value is -2.16. The van der Waals surface area contributed by atoms with Gasteiger partial charge in [-0.25, -0.2) is 0 Å². The number of primary amides is 1. The summed E-state index contributed by atoms with van der Waals surface area (Å²) in [7, 11) is 0. The number of alkyl halides is 2. The van der Waals surface area contributed by atoms with Gasteiger partial charge in [0.25, 0.3) is 11.7 Å². The van der Waals surface area contributed by atoms with Gasteiger partial charge in [-0.2, -0.15) is 8.78 Å². The number of hydrogen-bond donors (Lipinski definition) is 2. The third-order valence-corrected chi connectivity index (χ3v) is 3.08. The third kappa shape index (κ3) is 5.38. The number of halogens is 2. The molecule has 0 bridgehead atoms. The van der Waals surface area contributed by atoms with Gasteiger partial charge in [-0.05, 0) is 12.1 Å². The second-order valence-electron chi connectivity index (χ2n) is 3.90. The lowest BCUT2D eigenvalue weighted by Crippen LogP contribution is -2.41. The topological polar surface area (TPSA) is 101 Å². The molecule has 0 spiro atoms. The fraction of sp³-hybridized carbons (Fsp3) is 0.250. The van der Waals surface area contributed by atoms with Crippen molar-refractivity contribution in [2.24, 2.45) is 5.73 Å². The molecule has 1 aromatic carbocycles. The van der Waals surface area contributed by atoms with Crippen molar-refractivity contribution in [3.8, 4) is 0 Å². The maximum atomic E-state index is 12.5. The summed E-state index contributed by atoms with van der Waals surface area (Å²) in [6.07, 6.45) is 0. The Morgan fingerprint density at radius 3 is 2.38 bits per heavy atom. The first-order chi connectivity index (χ1) is 9.81. The van der Waals surface area contributed by atoms with Crippen molar-refractivity contribution >= 4 is 29.5 Å². The zero-order valence-electron chi connectivity index (χ0n) is 10.7. The largest absolute Gasteiger partial charge is 0.480 e. The second-order valence-corrected chi connectivity index (χ2v) is 4.93. The van der Waals surface area contributed by atoms with Gasteiger partial charge < -0.3 is 15.7 Å². The fourth-order valence-corrected chi connectivity index (χ4v) is 2.19. The normalized spacial score (nSPS) is 10.4. The summed E-state index contributed by atoms with van der Waals surface area (Å²) in [5.74, 6) is -5.82. The van der Waals surface area contributed by atoms with E-state index in [1.165, 1.54) is 24.3 Å². The Bertz CT molecular complexity index is 538. The maximum absolute atomic E-state index is 12.5. The number of carbonyl (C=O) groups excluding carboxylic acids is 2. The zero-order chi connectivity index (χ0) is 16.0. The van der Waals surface area contributed by atoms with Crippen LogP contribution in [0, 0.1) is 0 Å². The Morgan fingerprint density at radius 1 is 1.24 bits per heavy atom. The van der Waals surface area contributed by atoms with Crippen LogP contribution in [-0.4, -0.2) is 46.6 Å². The molecular weight excluding hydrogens is 306 g/mol. The van der Waals surface area contributed by atoms with E-state index in [0.717, 1.165) is 0 Å². The van der Waals surface area contributed by atoms with E-state index in [4.69, 9.17) is 10.8 Å². The van der Waals surface area contributed by atoms with Crippen molar-refractivity contribution in [3.63, 3.8) is 0 Å². The standard InChI is InChI=1S/C12H12F2N2O4S/c13-12(14)21-8-4-2-1-3-7(8)11(20)16(5-9(15)17)6-10(18)19/h1-4,12H,5-6H2,(H2,15,17)(H,18,19). The molecule has 3 N–H and O–H groups in total. The lowest BCUT2D eigenvalue weighted by atomic mass is 10.2. The number of amides is 2. The fourth-order valence-electron chi connectivity index (χ4n) is 1.56. The van der Waals surface area contributed by atoms with E-state index in [0.29, 0.717) is 4.90 Å². The number of nitrogens with two attached hydrogens (primary N) is 1. The van der Waals surface area contributed by atoms with Gasteiger partial charge in [0.2, 0.25) is 5.91 Å². The molecule has 21 heavy (non-hydrogen) atoms. The summed E-state index contributed by atoms with van der Waals surface area (Å²) >= 11 is 0.164. The number of hydrogen-bond acceptors (Lipinski definition) is 4. The van der Waals surface area contributed by atoms with Crippen LogP contribution in [-0.2, 0) is 9.59 Å². The van der Waals surface area contributed by atoms with Crippen molar-refractivity contribution in [2.45, 2.75) is 10.7 Å². The highest BCUT2D eigenvalue weighted by molar-refractivity contribution is 7.99. The Labute approximate surface area is 122 Å². The zero-order valence-corrected chi connectivity index (χ0v) is 11.5. The average Bonchev–Trinajstić information content (AvgIpc) is 2.36. The number of aliphatic carboxylic acids is 1. The van der Waals surface area contributed by atoms with Crippen LogP contribution in [0.5, 0.6) is 0 Å². The highest BCUT2D eigenvalue weighted by Gasteiger charge is 2.23. The van der Waals surface area contributed by atoms with Gasteiger partial charge in [0.05, 0.1) is 5.56 Å². The summed E-state index contributed by atoms with van der Waals surface area (Å²) in [6, 6.07) is 5.51. The first-order valence-corrected chi connectivity index (χ1v) is 6.52. The van der Waals surface area contributed by atoms with Gasteiger partial charge in [0.1, 0.15) is 13.1 Å². The SMILES string of the molecule is NC(=O)CN(CC(=O)O)C(=O)c1ccccc1SC(F)F. The van der Waals surface area contributed by atoms with E-state index in [-0.39, 0.29) is 22.2 Å². The number of thioether (sulfide) groups is 1. The van der Waals surface area contributed by atoms with E-state index in [2.05, 4.69) is 0 Å². The first kappa shape index (κ1) is 16.9. The number of nitrogens with zero attached hydrogens (tertiary/aromatic N) is 1. The molecule has 0 heterocycles. The van der Waals surface area contributed by atoms with Crippen molar-refractivity contribution in [1.82, 2.24) is 4.90 Å². The highest BCUT2D eigenvalue weighted by atomic mass is 32.2. The van der Waals surface area contributed by atoms with Crippen LogP contribution in [0.3, 0.4) is 0 Å². The Kier molecular flexibility index (Phi) is 6.10. The van der Waals surface area contributed by atoms with Crippen LogP contribution in [0.4, 0.5) is 8.78 Å². The molecule has 6 nitrogen and oxygen atoms in total. The van der Waals surface area contributed by atoms with Crippen molar-refractivity contribution < 1.29 is 28.3 Å². The Morgan fingerprint density at radius 2 is 1.86 bits per heavy atom. The van der Waals surface area contributed by atoms with E-state index < -0.39 is 36.6 Å². The van der Waals surface area contributed by atoms with Gasteiger partial charge in [-0.3, -0.25) is 14.4 Å². The molecule has 2 amide bonds. The molecule has 0 aliphatic heterocycles.